The van der Waals surface area contributed by atoms with Crippen molar-refractivity contribution < 1.29 is 13.2 Å². The predicted octanol–water partition coefficient (Wildman–Crippen LogP) is 2.66. The zero-order valence-corrected chi connectivity index (χ0v) is 8.98. The monoisotopic (exact) mass is 251 g/mol. The number of alkyl halides is 4. The van der Waals surface area contributed by atoms with Crippen molar-refractivity contribution in [1.29, 1.82) is 0 Å². The second-order valence-corrected chi connectivity index (χ2v) is 3.53. The SMILES string of the molecule is C=C(CCl)Cn1cc(C(F)(F)F)ccc1=O. The average molecular weight is 252 g/mol. The Morgan fingerprint density at radius 2 is 2.06 bits per heavy atom. The Balaban J connectivity index is 3.09. The molecule has 0 N–H and O–H groups in total. The fraction of sp³-hybridized carbons (Fsp3) is 0.300. The van der Waals surface area contributed by atoms with Crippen molar-refractivity contribution in [2.45, 2.75) is 12.7 Å². The van der Waals surface area contributed by atoms with Crippen molar-refractivity contribution in [2.75, 3.05) is 5.88 Å². The third-order valence-corrected chi connectivity index (χ3v) is 2.27. The minimum absolute atomic E-state index is 0.00769. The molecule has 0 spiro atoms. The first-order valence-corrected chi connectivity index (χ1v) is 4.88. The summed E-state index contributed by atoms with van der Waals surface area (Å²) in [4.78, 5) is 11.3. The van der Waals surface area contributed by atoms with Gasteiger partial charge in [0.15, 0.2) is 0 Å². The van der Waals surface area contributed by atoms with Gasteiger partial charge in [-0.25, -0.2) is 0 Å². The number of aromatic nitrogens is 1. The zero-order valence-electron chi connectivity index (χ0n) is 8.22. The minimum atomic E-state index is -4.46. The molecule has 0 unspecified atom stereocenters. The highest BCUT2D eigenvalue weighted by Crippen LogP contribution is 2.28. The summed E-state index contributed by atoms with van der Waals surface area (Å²) in [6, 6.07) is 1.63. The Morgan fingerprint density at radius 3 is 2.56 bits per heavy atom. The van der Waals surface area contributed by atoms with Crippen molar-refractivity contribution in [3.05, 3.63) is 46.4 Å². The van der Waals surface area contributed by atoms with E-state index in [9.17, 15) is 18.0 Å². The number of hydrogen-bond acceptors (Lipinski definition) is 1. The van der Waals surface area contributed by atoms with Crippen LogP contribution in [-0.2, 0) is 12.7 Å². The maximum atomic E-state index is 12.4. The Labute approximate surface area is 95.0 Å². The van der Waals surface area contributed by atoms with Crippen molar-refractivity contribution in [3.63, 3.8) is 0 Å². The fourth-order valence-corrected chi connectivity index (χ4v) is 1.19. The number of rotatable bonds is 3. The molecule has 0 radical (unpaired) electrons. The lowest BCUT2D eigenvalue weighted by molar-refractivity contribution is -0.138. The van der Waals surface area contributed by atoms with Crippen LogP contribution in [0, 0.1) is 0 Å². The second kappa shape index (κ2) is 4.74. The third-order valence-electron chi connectivity index (χ3n) is 1.89. The highest BCUT2D eigenvalue weighted by Gasteiger charge is 2.30. The van der Waals surface area contributed by atoms with E-state index in [1.54, 1.807) is 0 Å². The Hall–Kier alpha value is -1.23. The van der Waals surface area contributed by atoms with Crippen LogP contribution in [0.3, 0.4) is 0 Å². The van der Waals surface area contributed by atoms with Crippen LogP contribution >= 0.6 is 11.6 Å². The zero-order chi connectivity index (χ0) is 12.3. The van der Waals surface area contributed by atoms with Gasteiger partial charge in [-0.1, -0.05) is 6.58 Å². The lowest BCUT2D eigenvalue weighted by Gasteiger charge is -2.10. The van der Waals surface area contributed by atoms with Gasteiger partial charge >= 0.3 is 6.18 Å². The smallest absolute Gasteiger partial charge is 0.311 e. The summed E-state index contributed by atoms with van der Waals surface area (Å²) in [5.74, 6) is 0.0999. The number of pyridine rings is 1. The van der Waals surface area contributed by atoms with Gasteiger partial charge in [0.1, 0.15) is 0 Å². The van der Waals surface area contributed by atoms with Gasteiger partial charge in [-0.05, 0) is 11.6 Å². The molecule has 0 aliphatic heterocycles. The van der Waals surface area contributed by atoms with E-state index in [1.807, 2.05) is 0 Å². The van der Waals surface area contributed by atoms with E-state index in [0.29, 0.717) is 5.57 Å². The van der Waals surface area contributed by atoms with Crippen LogP contribution in [0.5, 0.6) is 0 Å². The molecular formula is C10H9ClF3NO. The summed E-state index contributed by atoms with van der Waals surface area (Å²) in [7, 11) is 0. The summed E-state index contributed by atoms with van der Waals surface area (Å²) in [5, 5.41) is 0. The van der Waals surface area contributed by atoms with Crippen LogP contribution in [0.1, 0.15) is 5.56 Å². The van der Waals surface area contributed by atoms with Crippen LogP contribution in [0.15, 0.2) is 35.3 Å². The van der Waals surface area contributed by atoms with Gasteiger partial charge in [0.05, 0.1) is 5.56 Å². The van der Waals surface area contributed by atoms with Gasteiger partial charge in [0.2, 0.25) is 0 Å². The molecule has 0 fully saturated rings. The second-order valence-electron chi connectivity index (χ2n) is 3.27. The average Bonchev–Trinajstić information content (AvgIpc) is 2.19. The van der Waals surface area contributed by atoms with E-state index in [-0.39, 0.29) is 12.4 Å². The van der Waals surface area contributed by atoms with E-state index in [1.165, 1.54) is 0 Å². The lowest BCUT2D eigenvalue weighted by atomic mass is 10.2. The molecule has 0 amide bonds. The number of halogens is 4. The lowest BCUT2D eigenvalue weighted by Crippen LogP contribution is -2.22. The van der Waals surface area contributed by atoms with E-state index in [4.69, 9.17) is 11.6 Å². The van der Waals surface area contributed by atoms with Crippen LogP contribution in [0.25, 0.3) is 0 Å². The summed E-state index contributed by atoms with van der Waals surface area (Å²) < 4.78 is 38.0. The first-order chi connectivity index (χ1) is 7.34. The molecule has 6 heteroatoms. The Bertz CT molecular complexity index is 450. The molecule has 0 aromatic carbocycles. The van der Waals surface area contributed by atoms with E-state index < -0.39 is 17.3 Å². The minimum Gasteiger partial charge on any atom is -0.311 e. The highest BCUT2D eigenvalue weighted by atomic mass is 35.5. The van der Waals surface area contributed by atoms with Crippen molar-refractivity contribution in [2.24, 2.45) is 0 Å². The normalized spacial score (nSPS) is 11.5. The molecule has 2 nitrogen and oxygen atoms in total. The summed E-state index contributed by atoms with van der Waals surface area (Å²) in [5.41, 5.74) is -0.906. The largest absolute Gasteiger partial charge is 0.417 e. The van der Waals surface area contributed by atoms with Crippen LogP contribution in [0.2, 0.25) is 0 Å². The van der Waals surface area contributed by atoms with Crippen molar-refractivity contribution >= 4 is 11.6 Å². The molecule has 1 heterocycles. The molecule has 0 saturated heterocycles. The Morgan fingerprint density at radius 1 is 1.44 bits per heavy atom. The molecule has 1 aromatic heterocycles. The van der Waals surface area contributed by atoms with Gasteiger partial charge in [0, 0.05) is 24.7 Å². The van der Waals surface area contributed by atoms with Gasteiger partial charge in [0.25, 0.3) is 5.56 Å². The van der Waals surface area contributed by atoms with Gasteiger partial charge in [-0.2, -0.15) is 13.2 Å². The summed E-state index contributed by atoms with van der Waals surface area (Å²) in [6.45, 7) is 3.52. The van der Waals surface area contributed by atoms with Gasteiger partial charge < -0.3 is 4.57 Å². The van der Waals surface area contributed by atoms with Crippen LogP contribution < -0.4 is 5.56 Å². The fourth-order valence-electron chi connectivity index (χ4n) is 1.11. The highest BCUT2D eigenvalue weighted by molar-refractivity contribution is 6.19. The summed E-state index contributed by atoms with van der Waals surface area (Å²) >= 11 is 5.45. The van der Waals surface area contributed by atoms with Crippen LogP contribution in [0.4, 0.5) is 13.2 Å². The Kier molecular flexibility index (Phi) is 3.80. The van der Waals surface area contributed by atoms with Crippen LogP contribution in [-0.4, -0.2) is 10.4 Å². The van der Waals surface area contributed by atoms with E-state index in [0.717, 1.165) is 22.9 Å². The van der Waals surface area contributed by atoms with Crippen molar-refractivity contribution in [3.8, 4) is 0 Å². The molecule has 0 atom stereocenters. The van der Waals surface area contributed by atoms with Crippen molar-refractivity contribution in [1.82, 2.24) is 4.57 Å². The molecule has 88 valence electrons. The standard InChI is InChI=1S/C10H9ClF3NO/c1-7(4-11)5-15-6-8(10(12,13)14)2-3-9(15)16/h2-3,6H,1,4-5H2. The molecule has 1 rings (SSSR count). The van der Waals surface area contributed by atoms with Gasteiger partial charge in [-0.15, -0.1) is 11.6 Å². The number of nitrogens with zero attached hydrogens (tertiary/aromatic N) is 1. The topological polar surface area (TPSA) is 22.0 Å². The first kappa shape index (κ1) is 12.8. The van der Waals surface area contributed by atoms with E-state index >= 15 is 0 Å². The number of hydrogen-bond donors (Lipinski definition) is 0. The molecule has 0 aliphatic rings. The quantitative estimate of drug-likeness (QED) is 0.598. The molecular weight excluding hydrogens is 243 g/mol. The summed E-state index contributed by atoms with van der Waals surface area (Å²) in [6.07, 6.45) is -3.70. The van der Waals surface area contributed by atoms with Gasteiger partial charge in [-0.3, -0.25) is 4.79 Å². The maximum absolute atomic E-state index is 12.4. The molecule has 16 heavy (non-hydrogen) atoms. The van der Waals surface area contributed by atoms with E-state index in [2.05, 4.69) is 6.58 Å². The maximum Gasteiger partial charge on any atom is 0.417 e. The third kappa shape index (κ3) is 3.13. The molecule has 0 saturated carbocycles. The molecule has 0 bridgehead atoms. The molecule has 1 aromatic rings. The first-order valence-electron chi connectivity index (χ1n) is 4.35. The predicted molar refractivity (Wildman–Crippen MR) is 55.6 cm³/mol. The molecule has 0 aliphatic carbocycles. The number of allylic oxidation sites excluding steroid dienone is 1.